The van der Waals surface area contributed by atoms with Crippen LogP contribution in [0, 0.1) is 23.1 Å². The van der Waals surface area contributed by atoms with Crippen molar-refractivity contribution >= 4 is 8.07 Å². The summed E-state index contributed by atoms with van der Waals surface area (Å²) >= 11 is 0. The highest BCUT2D eigenvalue weighted by Crippen LogP contribution is 2.27. The zero-order valence-corrected chi connectivity index (χ0v) is 15.8. The predicted molar refractivity (Wildman–Crippen MR) is 92.4 cm³/mol. The Morgan fingerprint density at radius 2 is 1.52 bits per heavy atom. The van der Waals surface area contributed by atoms with Gasteiger partial charge in [-0.15, -0.1) is 5.54 Å². The first-order chi connectivity index (χ1) is 12.2. The molecule has 0 N–H and O–H groups in total. The maximum absolute atomic E-state index is 14.3. The van der Waals surface area contributed by atoms with Gasteiger partial charge in [0.05, 0.1) is 11.3 Å². The van der Waals surface area contributed by atoms with Crippen molar-refractivity contribution in [1.29, 1.82) is 0 Å². The number of benzene rings is 1. The van der Waals surface area contributed by atoms with E-state index in [1.807, 2.05) is 19.6 Å². The third kappa shape index (κ3) is 4.36. The van der Waals surface area contributed by atoms with E-state index >= 15 is 0 Å². The minimum Gasteiger partial charge on any atom is -0.292 e. The van der Waals surface area contributed by atoms with Crippen LogP contribution in [0.1, 0.15) is 11.3 Å². The molecule has 2 aromatic rings. The van der Waals surface area contributed by atoms with Crippen LogP contribution in [0.3, 0.4) is 0 Å². The van der Waals surface area contributed by atoms with Gasteiger partial charge in [-0.2, -0.15) is 13.2 Å². The third-order valence-electron chi connectivity index (χ3n) is 3.46. The molecule has 2 rings (SSSR count). The lowest BCUT2D eigenvalue weighted by atomic mass is 10.2. The third-order valence-corrected chi connectivity index (χ3v) is 4.33. The molecule has 10 heteroatoms. The molecule has 1 aromatic heterocycles. The smallest absolute Gasteiger partial charge is 0.292 e. The molecule has 0 atom stereocenters. The fourth-order valence-electron chi connectivity index (χ4n) is 2.19. The van der Waals surface area contributed by atoms with Gasteiger partial charge in [-0.1, -0.05) is 25.6 Å². The number of nitrogens with zero attached hydrogens (tertiary/aromatic N) is 2. The Morgan fingerprint density at radius 3 is 1.96 bits per heavy atom. The summed E-state index contributed by atoms with van der Waals surface area (Å²) in [5, 5.41) is 0. The summed E-state index contributed by atoms with van der Waals surface area (Å²) < 4.78 is 67.6. The SMILES string of the molecule is Cn1c(C(F)(F)F)cc(=O)n(-c2cc(F)c(C#C[Si](C)(C)C)c(F)c2)c1=O. The Morgan fingerprint density at radius 1 is 1.00 bits per heavy atom. The van der Waals surface area contributed by atoms with E-state index < -0.39 is 54.1 Å². The molecule has 0 radical (unpaired) electrons. The highest BCUT2D eigenvalue weighted by molar-refractivity contribution is 6.83. The number of rotatable bonds is 1. The fourth-order valence-corrected chi connectivity index (χ4v) is 2.69. The van der Waals surface area contributed by atoms with E-state index in [0.717, 1.165) is 7.05 Å². The van der Waals surface area contributed by atoms with Crippen LogP contribution in [0.15, 0.2) is 27.8 Å². The van der Waals surface area contributed by atoms with Crippen molar-refractivity contribution in [3.8, 4) is 17.2 Å². The molecular weight excluding hydrogens is 387 g/mol. The van der Waals surface area contributed by atoms with Gasteiger partial charge in [0.25, 0.3) is 5.56 Å². The van der Waals surface area contributed by atoms with Crippen LogP contribution in [0.2, 0.25) is 19.6 Å². The average Bonchev–Trinajstić information content (AvgIpc) is 2.48. The van der Waals surface area contributed by atoms with Gasteiger partial charge in [0.15, 0.2) is 0 Å². The summed E-state index contributed by atoms with van der Waals surface area (Å²) in [4.78, 5) is 24.2. The molecule has 0 amide bonds. The van der Waals surface area contributed by atoms with Crippen molar-refractivity contribution in [2.45, 2.75) is 25.8 Å². The monoisotopic (exact) mass is 402 g/mol. The second-order valence-corrected chi connectivity index (χ2v) is 11.6. The molecule has 0 fully saturated rings. The number of halogens is 5. The van der Waals surface area contributed by atoms with Gasteiger partial charge in [-0.3, -0.25) is 9.36 Å². The molecule has 0 aliphatic heterocycles. The minimum absolute atomic E-state index is 0.191. The van der Waals surface area contributed by atoms with Crippen molar-refractivity contribution < 1.29 is 22.0 Å². The highest BCUT2D eigenvalue weighted by Gasteiger charge is 2.35. The fraction of sp³-hybridized carbons (Fsp3) is 0.294. The Balaban J connectivity index is 2.71. The van der Waals surface area contributed by atoms with E-state index in [1.54, 1.807) is 0 Å². The molecule has 0 aliphatic carbocycles. The summed E-state index contributed by atoms with van der Waals surface area (Å²) in [6.07, 6.45) is -4.93. The molecule has 144 valence electrons. The molecule has 27 heavy (non-hydrogen) atoms. The van der Waals surface area contributed by atoms with Crippen LogP contribution in [-0.2, 0) is 13.2 Å². The Bertz CT molecular complexity index is 1060. The normalized spacial score (nSPS) is 11.9. The van der Waals surface area contributed by atoms with E-state index in [1.165, 1.54) is 0 Å². The quantitative estimate of drug-likeness (QED) is 0.418. The Kier molecular flexibility index (Phi) is 5.20. The first-order valence-electron chi connectivity index (χ1n) is 7.65. The van der Waals surface area contributed by atoms with Gasteiger partial charge in [0, 0.05) is 13.1 Å². The summed E-state index contributed by atoms with van der Waals surface area (Å²) in [6, 6.07) is 1.57. The number of hydrogen-bond donors (Lipinski definition) is 0. The van der Waals surface area contributed by atoms with Gasteiger partial charge in [-0.05, 0) is 12.1 Å². The zero-order valence-electron chi connectivity index (χ0n) is 14.8. The van der Waals surface area contributed by atoms with Gasteiger partial charge < -0.3 is 0 Å². The minimum atomic E-state index is -4.93. The van der Waals surface area contributed by atoms with Crippen LogP contribution in [0.4, 0.5) is 22.0 Å². The maximum Gasteiger partial charge on any atom is 0.431 e. The Hall–Kier alpha value is -2.67. The van der Waals surface area contributed by atoms with E-state index in [2.05, 4.69) is 11.5 Å². The lowest BCUT2D eigenvalue weighted by molar-refractivity contribution is -0.144. The van der Waals surface area contributed by atoms with Gasteiger partial charge in [0.2, 0.25) is 0 Å². The molecule has 1 aromatic carbocycles. The topological polar surface area (TPSA) is 44.0 Å². The largest absolute Gasteiger partial charge is 0.431 e. The van der Waals surface area contributed by atoms with Crippen LogP contribution >= 0.6 is 0 Å². The molecule has 4 nitrogen and oxygen atoms in total. The van der Waals surface area contributed by atoms with E-state index in [-0.39, 0.29) is 15.2 Å². The number of alkyl halides is 3. The lowest BCUT2D eigenvalue weighted by Gasteiger charge is -2.14. The first-order valence-corrected chi connectivity index (χ1v) is 11.2. The zero-order chi connectivity index (χ0) is 20.7. The van der Waals surface area contributed by atoms with Gasteiger partial charge >= 0.3 is 11.9 Å². The van der Waals surface area contributed by atoms with Crippen molar-refractivity contribution in [2.75, 3.05) is 0 Å². The average molecular weight is 402 g/mol. The lowest BCUT2D eigenvalue weighted by Crippen LogP contribution is -2.40. The first kappa shape index (κ1) is 20.6. The Labute approximate surface area is 151 Å². The molecule has 0 spiro atoms. The summed E-state index contributed by atoms with van der Waals surface area (Å²) in [7, 11) is -1.12. The summed E-state index contributed by atoms with van der Waals surface area (Å²) in [5.74, 6) is 0.170. The highest BCUT2D eigenvalue weighted by atomic mass is 28.3. The molecular formula is C17H15F5N2O2Si. The molecule has 1 heterocycles. The number of aromatic nitrogens is 2. The maximum atomic E-state index is 14.3. The predicted octanol–water partition coefficient (Wildman–Crippen LogP) is 3.06. The summed E-state index contributed by atoms with van der Waals surface area (Å²) in [5.41, 5.74) is -2.47. The molecule has 0 aliphatic rings. The molecule has 0 saturated carbocycles. The van der Waals surface area contributed by atoms with Crippen LogP contribution in [-0.4, -0.2) is 17.2 Å². The van der Waals surface area contributed by atoms with Crippen LogP contribution < -0.4 is 11.2 Å². The standard InChI is InChI=1S/C17H15F5N2O2Si/c1-23-14(17(20,21)22)9-15(25)24(16(23)26)10-7-12(18)11(13(19)8-10)5-6-27(2,3)4/h7-9H,1-4H3. The van der Waals surface area contributed by atoms with Crippen molar-refractivity contribution in [2.24, 2.45) is 7.05 Å². The van der Waals surface area contributed by atoms with Gasteiger partial charge in [0.1, 0.15) is 25.4 Å². The van der Waals surface area contributed by atoms with E-state index in [9.17, 15) is 31.5 Å². The van der Waals surface area contributed by atoms with Crippen molar-refractivity contribution in [3.05, 3.63) is 61.9 Å². The van der Waals surface area contributed by atoms with Crippen molar-refractivity contribution in [1.82, 2.24) is 9.13 Å². The van der Waals surface area contributed by atoms with E-state index in [4.69, 9.17) is 0 Å². The van der Waals surface area contributed by atoms with Crippen LogP contribution in [0.25, 0.3) is 5.69 Å². The summed E-state index contributed by atoms with van der Waals surface area (Å²) in [6.45, 7) is 5.61. The molecule has 0 bridgehead atoms. The van der Waals surface area contributed by atoms with Crippen molar-refractivity contribution in [3.63, 3.8) is 0 Å². The van der Waals surface area contributed by atoms with E-state index in [0.29, 0.717) is 12.1 Å². The molecule has 0 unspecified atom stereocenters. The second-order valence-electron chi connectivity index (χ2n) is 6.83. The number of hydrogen-bond acceptors (Lipinski definition) is 2. The molecule has 0 saturated heterocycles. The van der Waals surface area contributed by atoms with Crippen LogP contribution in [0.5, 0.6) is 0 Å². The second kappa shape index (κ2) is 6.81. The van der Waals surface area contributed by atoms with Gasteiger partial charge in [-0.25, -0.2) is 18.1 Å².